The molecule has 0 fully saturated rings. The molecule has 0 spiro atoms. The number of nitrogens with one attached hydrogen (secondary N) is 1. The van der Waals surface area contributed by atoms with Crippen LogP contribution in [0.25, 0.3) is 0 Å². The lowest BCUT2D eigenvalue weighted by Gasteiger charge is -2.13. The van der Waals surface area contributed by atoms with Gasteiger partial charge in [-0.25, -0.2) is 5.43 Å². The summed E-state index contributed by atoms with van der Waals surface area (Å²) in [6.07, 6.45) is 4.86. The Morgan fingerprint density at radius 2 is 1.80 bits per heavy atom. The van der Waals surface area contributed by atoms with E-state index in [1.54, 1.807) is 13.3 Å². The van der Waals surface area contributed by atoms with E-state index in [9.17, 15) is 4.79 Å². The van der Waals surface area contributed by atoms with Crippen LogP contribution in [0, 0.1) is 20.8 Å². The number of aryl methyl sites for hydroxylation is 2. The van der Waals surface area contributed by atoms with Crippen LogP contribution in [0.2, 0.25) is 0 Å². The number of amides is 1. The molecule has 2 aromatic rings. The van der Waals surface area contributed by atoms with Gasteiger partial charge in [-0.1, -0.05) is 31.9 Å². The third-order valence-electron chi connectivity index (χ3n) is 4.82. The fraction of sp³-hybridized carbons (Fsp3) is 0.417. The third-order valence-corrected chi connectivity index (χ3v) is 4.82. The van der Waals surface area contributed by atoms with Crippen molar-refractivity contribution in [1.82, 2.24) is 5.43 Å². The molecule has 0 aromatic heterocycles. The maximum absolute atomic E-state index is 12.1. The van der Waals surface area contributed by atoms with Crippen molar-refractivity contribution < 1.29 is 19.0 Å². The lowest BCUT2D eigenvalue weighted by atomic mass is 10.1. The summed E-state index contributed by atoms with van der Waals surface area (Å²) in [5.74, 6) is 1.75. The van der Waals surface area contributed by atoms with Crippen molar-refractivity contribution in [3.63, 3.8) is 0 Å². The van der Waals surface area contributed by atoms with Crippen LogP contribution in [0.3, 0.4) is 0 Å². The molecule has 0 aliphatic rings. The molecule has 0 aliphatic carbocycles. The number of carbonyl (C=O) groups excluding carboxylic acids is 1. The summed E-state index contributed by atoms with van der Waals surface area (Å²) in [4.78, 5) is 12.1. The highest BCUT2D eigenvalue weighted by atomic mass is 16.5. The predicted octanol–water partition coefficient (Wildman–Crippen LogP) is 4.72. The van der Waals surface area contributed by atoms with Gasteiger partial charge in [-0.2, -0.15) is 5.10 Å². The summed E-state index contributed by atoms with van der Waals surface area (Å²) < 4.78 is 16.9. The number of methoxy groups -OCH3 is 1. The summed E-state index contributed by atoms with van der Waals surface area (Å²) in [6, 6.07) is 9.56. The first-order valence-electron chi connectivity index (χ1n) is 10.3. The lowest BCUT2D eigenvalue weighted by Crippen LogP contribution is -2.25. The molecule has 0 heterocycles. The van der Waals surface area contributed by atoms with E-state index >= 15 is 0 Å². The van der Waals surface area contributed by atoms with Crippen molar-refractivity contribution >= 4 is 12.1 Å². The quantitative estimate of drug-likeness (QED) is 0.329. The van der Waals surface area contributed by atoms with Gasteiger partial charge in [-0.15, -0.1) is 0 Å². The van der Waals surface area contributed by atoms with Crippen LogP contribution in [0.5, 0.6) is 17.2 Å². The van der Waals surface area contributed by atoms with E-state index in [2.05, 4.69) is 17.5 Å². The van der Waals surface area contributed by atoms with Crippen molar-refractivity contribution in [2.24, 2.45) is 5.10 Å². The number of hydrogen-bond acceptors (Lipinski definition) is 5. The zero-order valence-corrected chi connectivity index (χ0v) is 18.6. The Morgan fingerprint density at radius 3 is 2.53 bits per heavy atom. The van der Waals surface area contributed by atoms with E-state index in [1.807, 2.05) is 51.1 Å². The second kappa shape index (κ2) is 11.9. The zero-order chi connectivity index (χ0) is 21.9. The van der Waals surface area contributed by atoms with Gasteiger partial charge in [-0.05, 0) is 67.6 Å². The molecule has 6 nitrogen and oxygen atoms in total. The Kier molecular flexibility index (Phi) is 9.19. The van der Waals surface area contributed by atoms with E-state index in [-0.39, 0.29) is 12.5 Å². The molecule has 0 saturated carbocycles. The van der Waals surface area contributed by atoms with Gasteiger partial charge >= 0.3 is 0 Å². The summed E-state index contributed by atoms with van der Waals surface area (Å²) >= 11 is 0. The Balaban J connectivity index is 1.88. The fourth-order valence-corrected chi connectivity index (χ4v) is 2.91. The molecule has 0 atom stereocenters. The zero-order valence-electron chi connectivity index (χ0n) is 18.6. The highest BCUT2D eigenvalue weighted by molar-refractivity contribution is 5.83. The highest BCUT2D eigenvalue weighted by Gasteiger charge is 2.09. The second-order valence-corrected chi connectivity index (χ2v) is 7.20. The minimum atomic E-state index is -0.325. The van der Waals surface area contributed by atoms with Crippen LogP contribution in [-0.2, 0) is 4.79 Å². The fourth-order valence-electron chi connectivity index (χ4n) is 2.91. The minimum absolute atomic E-state index is 0.101. The molecule has 1 N–H and O–H groups in total. The standard InChI is InChI=1S/C24H32N2O4/c1-6-7-8-13-29-21-12-11-20(14-22(21)28-5)15-25-26-23(27)16-30-24-18(3)10-9-17(2)19(24)4/h9-12,14-15H,6-8,13,16H2,1-5H3,(H,26,27)/b25-15+. The van der Waals surface area contributed by atoms with Gasteiger partial charge in [-0.3, -0.25) is 4.79 Å². The Bertz CT molecular complexity index is 878. The first-order chi connectivity index (χ1) is 14.5. The molecule has 0 aliphatic heterocycles. The molecule has 2 rings (SSSR count). The first-order valence-corrected chi connectivity index (χ1v) is 10.3. The third kappa shape index (κ3) is 6.79. The molecule has 2 aromatic carbocycles. The Morgan fingerprint density at radius 1 is 1.03 bits per heavy atom. The van der Waals surface area contributed by atoms with Crippen LogP contribution < -0.4 is 19.6 Å². The Hall–Kier alpha value is -3.02. The van der Waals surface area contributed by atoms with Crippen LogP contribution in [-0.4, -0.2) is 32.4 Å². The van der Waals surface area contributed by atoms with Gasteiger partial charge in [0.15, 0.2) is 18.1 Å². The second-order valence-electron chi connectivity index (χ2n) is 7.20. The number of hydrazone groups is 1. The van der Waals surface area contributed by atoms with Crippen molar-refractivity contribution in [2.75, 3.05) is 20.3 Å². The molecule has 0 bridgehead atoms. The van der Waals surface area contributed by atoms with Crippen LogP contribution >= 0.6 is 0 Å². The van der Waals surface area contributed by atoms with Gasteiger partial charge in [0.05, 0.1) is 19.9 Å². The van der Waals surface area contributed by atoms with E-state index in [1.165, 1.54) is 0 Å². The summed E-state index contributed by atoms with van der Waals surface area (Å²) in [7, 11) is 1.60. The molecule has 162 valence electrons. The molecule has 6 heteroatoms. The maximum atomic E-state index is 12.1. The van der Waals surface area contributed by atoms with Gasteiger partial charge in [0.1, 0.15) is 5.75 Å². The number of hydrogen-bond donors (Lipinski definition) is 1. The van der Waals surface area contributed by atoms with Crippen LogP contribution in [0.4, 0.5) is 0 Å². The first kappa shape index (κ1) is 23.3. The number of carbonyl (C=O) groups is 1. The molecule has 0 unspecified atom stereocenters. The van der Waals surface area contributed by atoms with Gasteiger partial charge < -0.3 is 14.2 Å². The summed E-state index contributed by atoms with van der Waals surface area (Å²) in [5.41, 5.74) is 6.44. The van der Waals surface area contributed by atoms with Crippen molar-refractivity contribution in [2.45, 2.75) is 47.0 Å². The molecule has 0 radical (unpaired) electrons. The number of nitrogens with zero attached hydrogens (tertiary/aromatic N) is 1. The Labute approximate surface area is 179 Å². The minimum Gasteiger partial charge on any atom is -0.493 e. The number of unbranched alkanes of at least 4 members (excludes halogenated alkanes) is 2. The topological polar surface area (TPSA) is 69.2 Å². The van der Waals surface area contributed by atoms with Crippen molar-refractivity contribution in [3.05, 3.63) is 52.6 Å². The van der Waals surface area contributed by atoms with Gasteiger partial charge in [0.2, 0.25) is 0 Å². The van der Waals surface area contributed by atoms with Crippen molar-refractivity contribution in [1.29, 1.82) is 0 Å². The molecule has 30 heavy (non-hydrogen) atoms. The summed E-state index contributed by atoms with van der Waals surface area (Å²) in [5, 5.41) is 4.01. The average molecular weight is 413 g/mol. The van der Waals surface area contributed by atoms with Crippen LogP contribution in [0.1, 0.15) is 48.4 Å². The summed E-state index contributed by atoms with van der Waals surface area (Å²) in [6.45, 7) is 8.68. The number of ether oxygens (including phenoxy) is 3. The van der Waals surface area contributed by atoms with Crippen molar-refractivity contribution in [3.8, 4) is 17.2 Å². The molecule has 0 saturated heterocycles. The smallest absolute Gasteiger partial charge is 0.277 e. The number of benzene rings is 2. The predicted molar refractivity (Wildman–Crippen MR) is 120 cm³/mol. The van der Waals surface area contributed by atoms with Gasteiger partial charge in [0, 0.05) is 0 Å². The van der Waals surface area contributed by atoms with E-state index in [0.717, 1.165) is 47.3 Å². The molecular formula is C24H32N2O4. The highest BCUT2D eigenvalue weighted by Crippen LogP contribution is 2.28. The lowest BCUT2D eigenvalue weighted by molar-refractivity contribution is -0.123. The van der Waals surface area contributed by atoms with E-state index in [0.29, 0.717) is 18.1 Å². The number of rotatable bonds is 11. The van der Waals surface area contributed by atoms with Crippen LogP contribution in [0.15, 0.2) is 35.4 Å². The average Bonchev–Trinajstić information content (AvgIpc) is 2.74. The van der Waals surface area contributed by atoms with Gasteiger partial charge in [0.25, 0.3) is 5.91 Å². The molecular weight excluding hydrogens is 380 g/mol. The monoisotopic (exact) mass is 412 g/mol. The largest absolute Gasteiger partial charge is 0.493 e. The maximum Gasteiger partial charge on any atom is 0.277 e. The SMILES string of the molecule is CCCCCOc1ccc(/C=N/NC(=O)COc2c(C)ccc(C)c2C)cc1OC. The normalized spacial score (nSPS) is 10.8. The molecule has 1 amide bonds. The van der Waals surface area contributed by atoms with E-state index in [4.69, 9.17) is 14.2 Å². The van der Waals surface area contributed by atoms with E-state index < -0.39 is 0 Å².